The number of esters is 1. The van der Waals surface area contributed by atoms with E-state index in [0.717, 1.165) is 30.4 Å². The topological polar surface area (TPSA) is 86.2 Å². The van der Waals surface area contributed by atoms with E-state index < -0.39 is 5.97 Å². The fourth-order valence-corrected chi connectivity index (χ4v) is 5.56. The van der Waals surface area contributed by atoms with Crippen LogP contribution in [0.25, 0.3) is 0 Å². The van der Waals surface area contributed by atoms with Gasteiger partial charge in [-0.3, -0.25) is 4.79 Å². The number of carbonyl (C=O) groups is 2. The van der Waals surface area contributed by atoms with E-state index in [1.807, 2.05) is 18.2 Å². The Hall–Kier alpha value is -3.65. The van der Waals surface area contributed by atoms with E-state index in [2.05, 4.69) is 12.2 Å². The Morgan fingerprint density at radius 1 is 1.09 bits per heavy atom. The highest BCUT2D eigenvalue weighted by Gasteiger charge is 2.27. The first kappa shape index (κ1) is 24.5. The quantitative estimate of drug-likeness (QED) is 0.339. The monoisotopic (exact) mass is 492 g/mol. The van der Waals surface area contributed by atoms with E-state index in [4.69, 9.17) is 19.2 Å². The predicted molar refractivity (Wildman–Crippen MR) is 138 cm³/mol. The van der Waals surface area contributed by atoms with E-state index in [0.29, 0.717) is 39.2 Å². The van der Waals surface area contributed by atoms with Crippen LogP contribution in [0.4, 0.5) is 10.7 Å². The molecule has 0 saturated heterocycles. The van der Waals surface area contributed by atoms with Crippen molar-refractivity contribution in [1.82, 2.24) is 0 Å². The predicted octanol–water partition coefficient (Wildman–Crippen LogP) is 5.68. The second-order valence-electron chi connectivity index (χ2n) is 8.40. The number of carbonyl (C=O) groups excluding carboxylic acids is 2. The van der Waals surface area contributed by atoms with Crippen molar-refractivity contribution >= 4 is 40.1 Å². The van der Waals surface area contributed by atoms with E-state index in [9.17, 15) is 9.59 Å². The molecule has 0 radical (unpaired) electrons. The Morgan fingerprint density at radius 2 is 1.86 bits per heavy atom. The average Bonchev–Trinajstić information content (AvgIpc) is 3.24. The lowest BCUT2D eigenvalue weighted by Gasteiger charge is -2.18. The van der Waals surface area contributed by atoms with Gasteiger partial charge < -0.3 is 19.5 Å². The molecule has 1 atom stereocenters. The summed E-state index contributed by atoms with van der Waals surface area (Å²) >= 11 is 1.56. The smallest absolute Gasteiger partial charge is 0.337 e. The zero-order valence-corrected chi connectivity index (χ0v) is 21.0. The number of rotatable bonds is 7. The maximum absolute atomic E-state index is 13.4. The van der Waals surface area contributed by atoms with Crippen LogP contribution in [0, 0.1) is 5.92 Å². The van der Waals surface area contributed by atoms with Crippen LogP contribution in [0.5, 0.6) is 11.5 Å². The maximum atomic E-state index is 13.4. The second-order valence-corrected chi connectivity index (χ2v) is 9.48. The van der Waals surface area contributed by atoms with Crippen molar-refractivity contribution in [2.24, 2.45) is 10.9 Å². The Morgan fingerprint density at radius 3 is 2.54 bits per heavy atom. The van der Waals surface area contributed by atoms with Gasteiger partial charge in [-0.05, 0) is 67.1 Å². The number of anilines is 1. The lowest BCUT2D eigenvalue weighted by Crippen LogP contribution is -2.16. The first-order valence-electron chi connectivity index (χ1n) is 11.3. The van der Waals surface area contributed by atoms with Crippen LogP contribution in [-0.4, -0.2) is 39.4 Å². The molecule has 0 aliphatic heterocycles. The van der Waals surface area contributed by atoms with Gasteiger partial charge in [-0.1, -0.05) is 13.0 Å². The standard InChI is InChI=1S/C27H28N2O5S/c1-16-8-13-20-22(14-16)35-26(28-15-18-6-5-7-21(32-2)24(18)33-3)23(20)25(30)29-19-11-9-17(10-12-19)27(31)34-4/h5-7,9-12,15-16H,8,13-14H2,1-4H3,(H,29,30). The molecule has 182 valence electrons. The largest absolute Gasteiger partial charge is 0.493 e. The maximum Gasteiger partial charge on any atom is 0.337 e. The number of amides is 1. The number of fused-ring (bicyclic) bond motifs is 1. The van der Waals surface area contributed by atoms with Gasteiger partial charge in [0.2, 0.25) is 0 Å². The van der Waals surface area contributed by atoms with Crippen molar-refractivity contribution < 1.29 is 23.8 Å². The van der Waals surface area contributed by atoms with Gasteiger partial charge in [0.15, 0.2) is 11.5 Å². The third kappa shape index (κ3) is 5.22. The van der Waals surface area contributed by atoms with Crippen LogP contribution in [0.3, 0.4) is 0 Å². The highest BCUT2D eigenvalue weighted by atomic mass is 32.1. The summed E-state index contributed by atoms with van der Waals surface area (Å²) < 4.78 is 15.6. The van der Waals surface area contributed by atoms with Gasteiger partial charge >= 0.3 is 5.97 Å². The van der Waals surface area contributed by atoms with Gasteiger partial charge in [0.25, 0.3) is 5.91 Å². The lowest BCUT2D eigenvalue weighted by atomic mass is 9.88. The first-order valence-corrected chi connectivity index (χ1v) is 12.2. The normalized spacial score (nSPS) is 14.9. The van der Waals surface area contributed by atoms with E-state index in [1.165, 1.54) is 12.0 Å². The summed E-state index contributed by atoms with van der Waals surface area (Å²) in [5, 5.41) is 3.63. The number of ether oxygens (including phenoxy) is 3. The minimum Gasteiger partial charge on any atom is -0.493 e. The highest BCUT2D eigenvalue weighted by molar-refractivity contribution is 7.16. The lowest BCUT2D eigenvalue weighted by molar-refractivity contribution is 0.0600. The number of thiophene rings is 1. The van der Waals surface area contributed by atoms with Gasteiger partial charge in [-0.2, -0.15) is 0 Å². The molecular formula is C27H28N2O5S. The van der Waals surface area contributed by atoms with E-state index >= 15 is 0 Å². The molecule has 0 fully saturated rings. The van der Waals surface area contributed by atoms with Crippen LogP contribution in [0.2, 0.25) is 0 Å². The van der Waals surface area contributed by atoms with Crippen LogP contribution >= 0.6 is 11.3 Å². The molecule has 2 aromatic carbocycles. The average molecular weight is 493 g/mol. The minimum atomic E-state index is -0.423. The van der Waals surface area contributed by atoms with Gasteiger partial charge in [-0.15, -0.1) is 11.3 Å². The Kier molecular flexibility index (Phi) is 7.51. The number of benzene rings is 2. The number of hydrogen-bond donors (Lipinski definition) is 1. The minimum absolute atomic E-state index is 0.215. The van der Waals surface area contributed by atoms with E-state index in [-0.39, 0.29) is 5.91 Å². The molecule has 1 N–H and O–H groups in total. The van der Waals surface area contributed by atoms with Gasteiger partial charge in [-0.25, -0.2) is 9.79 Å². The summed E-state index contributed by atoms with van der Waals surface area (Å²) in [4.78, 5) is 31.1. The highest BCUT2D eigenvalue weighted by Crippen LogP contribution is 2.42. The zero-order chi connectivity index (χ0) is 24.9. The van der Waals surface area contributed by atoms with Crippen LogP contribution in [0.1, 0.15) is 50.1 Å². The summed E-state index contributed by atoms with van der Waals surface area (Å²) in [6.45, 7) is 2.23. The molecule has 1 aromatic heterocycles. The van der Waals surface area contributed by atoms with Crippen molar-refractivity contribution in [2.75, 3.05) is 26.6 Å². The van der Waals surface area contributed by atoms with Gasteiger partial charge in [0.1, 0.15) is 5.00 Å². The van der Waals surface area contributed by atoms with E-state index in [1.54, 1.807) is 56.0 Å². The summed E-state index contributed by atoms with van der Waals surface area (Å²) in [5.74, 6) is 1.13. The van der Waals surface area contributed by atoms with Gasteiger partial charge in [0.05, 0.1) is 32.5 Å². The third-order valence-electron chi connectivity index (χ3n) is 6.04. The molecule has 1 amide bonds. The molecule has 1 aliphatic rings. The number of para-hydroxylation sites is 1. The van der Waals surface area contributed by atoms with Crippen molar-refractivity contribution in [2.45, 2.75) is 26.2 Å². The molecule has 35 heavy (non-hydrogen) atoms. The molecule has 1 heterocycles. The number of hydrogen-bond acceptors (Lipinski definition) is 7. The first-order chi connectivity index (χ1) is 16.9. The molecule has 4 rings (SSSR count). The van der Waals surface area contributed by atoms with Crippen molar-refractivity contribution in [3.8, 4) is 11.5 Å². The molecule has 0 saturated carbocycles. The number of nitrogens with one attached hydrogen (secondary N) is 1. The molecule has 3 aromatic rings. The van der Waals surface area contributed by atoms with Crippen LogP contribution < -0.4 is 14.8 Å². The number of methoxy groups -OCH3 is 3. The molecular weight excluding hydrogens is 464 g/mol. The molecule has 1 unspecified atom stereocenters. The van der Waals surface area contributed by atoms with Crippen molar-refractivity contribution in [1.29, 1.82) is 0 Å². The molecule has 8 heteroatoms. The zero-order valence-electron chi connectivity index (χ0n) is 20.2. The molecule has 0 spiro atoms. The van der Waals surface area contributed by atoms with Crippen molar-refractivity contribution in [3.05, 3.63) is 69.6 Å². The summed E-state index contributed by atoms with van der Waals surface area (Å²) in [5.41, 5.74) is 3.45. The summed E-state index contributed by atoms with van der Waals surface area (Å²) in [6.07, 6.45) is 4.52. The Labute approximate surface area is 208 Å². The third-order valence-corrected chi connectivity index (χ3v) is 7.20. The fourth-order valence-electron chi connectivity index (χ4n) is 4.20. The van der Waals surface area contributed by atoms with Crippen LogP contribution in [0.15, 0.2) is 47.5 Å². The Bertz CT molecular complexity index is 1260. The summed E-state index contributed by atoms with van der Waals surface area (Å²) in [6, 6.07) is 12.2. The molecule has 0 bridgehead atoms. The Balaban J connectivity index is 1.67. The summed E-state index contributed by atoms with van der Waals surface area (Å²) in [7, 11) is 4.51. The second kappa shape index (κ2) is 10.7. The van der Waals surface area contributed by atoms with Crippen LogP contribution in [-0.2, 0) is 17.6 Å². The SMILES string of the molecule is COC(=O)c1ccc(NC(=O)c2c(N=Cc3cccc(OC)c3OC)sc3c2CCC(C)C3)cc1. The fraction of sp³-hybridized carbons (Fsp3) is 0.296. The van der Waals surface area contributed by atoms with Crippen molar-refractivity contribution in [3.63, 3.8) is 0 Å². The molecule has 1 aliphatic carbocycles. The van der Waals surface area contributed by atoms with Gasteiger partial charge in [0, 0.05) is 22.3 Å². The number of aliphatic imine (C=N–C) groups is 1. The number of nitrogens with zero attached hydrogens (tertiary/aromatic N) is 1. The molecule has 7 nitrogen and oxygen atoms in total.